The third-order valence-corrected chi connectivity index (χ3v) is 9.29. The van der Waals surface area contributed by atoms with Gasteiger partial charge in [-0.25, -0.2) is 8.42 Å². The van der Waals surface area contributed by atoms with Crippen LogP contribution in [0.4, 0.5) is 0 Å². The van der Waals surface area contributed by atoms with Crippen molar-refractivity contribution in [3.8, 4) is 0 Å². The van der Waals surface area contributed by atoms with E-state index in [0.29, 0.717) is 44.8 Å². The molecule has 0 atom stereocenters. The van der Waals surface area contributed by atoms with Gasteiger partial charge in [-0.15, -0.1) is 0 Å². The van der Waals surface area contributed by atoms with Crippen molar-refractivity contribution >= 4 is 15.9 Å². The Morgan fingerprint density at radius 3 is 2.11 bits per heavy atom. The molecule has 2 saturated heterocycles. The average Bonchev–Trinajstić information content (AvgIpc) is 2.89. The Bertz CT molecular complexity index is 1120. The molecule has 0 bridgehead atoms. The fourth-order valence-electron chi connectivity index (χ4n) is 5.02. The van der Waals surface area contributed by atoms with Crippen molar-refractivity contribution in [1.29, 1.82) is 0 Å². The van der Waals surface area contributed by atoms with Crippen LogP contribution >= 0.6 is 0 Å². The van der Waals surface area contributed by atoms with Gasteiger partial charge in [0.1, 0.15) is 0 Å². The van der Waals surface area contributed by atoms with E-state index in [1.807, 2.05) is 24.3 Å². The van der Waals surface area contributed by atoms with E-state index in [2.05, 4.69) is 46.3 Å². The molecule has 8 heteroatoms. The van der Waals surface area contributed by atoms with Crippen molar-refractivity contribution in [2.75, 3.05) is 45.0 Å². The Morgan fingerprint density at radius 2 is 1.44 bits per heavy atom. The van der Waals surface area contributed by atoms with E-state index in [-0.39, 0.29) is 11.7 Å². The summed E-state index contributed by atoms with van der Waals surface area (Å²) in [5, 5.41) is 3.07. The molecular weight excluding hydrogens is 472 g/mol. The molecule has 0 aromatic heterocycles. The van der Waals surface area contributed by atoms with Gasteiger partial charge < -0.3 is 5.32 Å². The fourth-order valence-corrected chi connectivity index (χ4v) is 6.10. The van der Waals surface area contributed by atoms with Crippen LogP contribution in [0.5, 0.6) is 0 Å². The van der Waals surface area contributed by atoms with Gasteiger partial charge in [-0.2, -0.15) is 4.31 Å². The Hall–Kier alpha value is -2.26. The molecule has 1 amide bonds. The highest BCUT2D eigenvalue weighted by Crippen LogP contribution is 2.19. The first kappa shape index (κ1) is 26.8. The number of hydrogen-bond acceptors (Lipinski definition) is 5. The van der Waals surface area contributed by atoms with Crippen LogP contribution in [0.2, 0.25) is 0 Å². The van der Waals surface area contributed by atoms with Crippen molar-refractivity contribution in [2.45, 2.75) is 46.3 Å². The summed E-state index contributed by atoms with van der Waals surface area (Å²) in [6.07, 6.45) is 2.54. The number of piperazine rings is 1. The minimum Gasteiger partial charge on any atom is -0.348 e. The Morgan fingerprint density at radius 1 is 0.861 bits per heavy atom. The number of rotatable bonds is 9. The highest BCUT2D eigenvalue weighted by atomic mass is 32.2. The summed E-state index contributed by atoms with van der Waals surface area (Å²) < 4.78 is 25.7. The molecule has 7 nitrogen and oxygen atoms in total. The van der Waals surface area contributed by atoms with Crippen LogP contribution in [0.1, 0.15) is 53.7 Å². The van der Waals surface area contributed by atoms with Gasteiger partial charge >= 0.3 is 0 Å². The lowest BCUT2D eigenvalue weighted by atomic mass is 9.98. The first-order valence-electron chi connectivity index (χ1n) is 13.2. The van der Waals surface area contributed by atoms with E-state index in [4.69, 9.17) is 0 Å². The van der Waals surface area contributed by atoms with Gasteiger partial charge in [0.05, 0.1) is 5.75 Å². The molecule has 0 radical (unpaired) electrons. The quantitative estimate of drug-likeness (QED) is 0.558. The molecular formula is C28H40N4O3S. The molecule has 2 aliphatic heterocycles. The van der Waals surface area contributed by atoms with Crippen LogP contribution in [0.15, 0.2) is 48.5 Å². The van der Waals surface area contributed by atoms with Gasteiger partial charge in [0.2, 0.25) is 10.0 Å². The smallest absolute Gasteiger partial charge is 0.251 e. The second-order valence-electron chi connectivity index (χ2n) is 10.2. The molecule has 2 aromatic carbocycles. The van der Waals surface area contributed by atoms with Crippen molar-refractivity contribution in [1.82, 2.24) is 19.4 Å². The summed E-state index contributed by atoms with van der Waals surface area (Å²) in [7, 11) is -3.13. The summed E-state index contributed by atoms with van der Waals surface area (Å²) in [4.78, 5) is 17.6. The maximum atomic E-state index is 12.9. The molecule has 196 valence electrons. The minimum atomic E-state index is -3.13. The molecule has 36 heavy (non-hydrogen) atoms. The topological polar surface area (TPSA) is 73.0 Å². The molecule has 2 fully saturated rings. The number of sulfonamides is 1. The summed E-state index contributed by atoms with van der Waals surface area (Å²) in [6.45, 7) is 10.9. The predicted octanol–water partition coefficient (Wildman–Crippen LogP) is 3.32. The summed E-state index contributed by atoms with van der Waals surface area (Å²) >= 11 is 0. The van der Waals surface area contributed by atoms with Crippen LogP contribution in [0.3, 0.4) is 0 Å². The third-order valence-electron chi connectivity index (χ3n) is 7.41. The lowest BCUT2D eigenvalue weighted by molar-refractivity contribution is 0.0950. The van der Waals surface area contributed by atoms with Gasteiger partial charge in [0.25, 0.3) is 5.91 Å². The van der Waals surface area contributed by atoms with Crippen LogP contribution in [-0.4, -0.2) is 73.5 Å². The zero-order valence-electron chi connectivity index (χ0n) is 21.7. The van der Waals surface area contributed by atoms with Crippen LogP contribution < -0.4 is 5.32 Å². The normalized spacial score (nSPS) is 18.8. The zero-order chi connectivity index (χ0) is 25.5. The van der Waals surface area contributed by atoms with E-state index < -0.39 is 10.0 Å². The SMILES string of the molecule is CCS(=O)(=O)N1CCN(Cc2cccc(C(=O)NCc3cccc(CN4CCC(C)CC4)c3)c2)CC1. The minimum absolute atomic E-state index is 0.0777. The molecule has 0 aliphatic carbocycles. The molecule has 0 unspecified atom stereocenters. The van der Waals surface area contributed by atoms with E-state index >= 15 is 0 Å². The number of nitrogens with zero attached hydrogens (tertiary/aromatic N) is 3. The van der Waals surface area contributed by atoms with Crippen molar-refractivity contribution in [2.24, 2.45) is 5.92 Å². The average molecular weight is 513 g/mol. The number of piperidine rings is 1. The van der Waals surface area contributed by atoms with Gasteiger partial charge in [0.15, 0.2) is 0 Å². The lowest BCUT2D eigenvalue weighted by Crippen LogP contribution is -2.48. The number of likely N-dealkylation sites (tertiary alicyclic amines) is 1. The number of hydrogen-bond donors (Lipinski definition) is 1. The summed E-state index contributed by atoms with van der Waals surface area (Å²) in [5.41, 5.74) is 4.12. The second kappa shape index (κ2) is 12.3. The second-order valence-corrected chi connectivity index (χ2v) is 12.5. The van der Waals surface area contributed by atoms with E-state index in [1.165, 1.54) is 18.4 Å². The number of carbonyl (C=O) groups is 1. The monoisotopic (exact) mass is 512 g/mol. The first-order valence-corrected chi connectivity index (χ1v) is 14.8. The Labute approximate surface area is 216 Å². The fraction of sp³-hybridized carbons (Fsp3) is 0.536. The van der Waals surface area contributed by atoms with E-state index in [1.54, 1.807) is 11.2 Å². The standard InChI is InChI=1S/C28H40N4O3S/c1-3-36(34,35)32-16-14-31(15-17-32)22-26-8-5-9-27(19-26)28(33)29-20-24-6-4-7-25(18-24)21-30-12-10-23(2)11-13-30/h4-9,18-19,23H,3,10-17,20-22H2,1-2H3,(H,29,33). The first-order chi connectivity index (χ1) is 17.3. The van der Waals surface area contributed by atoms with Gasteiger partial charge in [-0.05, 0) is 67.6 Å². The summed E-state index contributed by atoms with van der Waals surface area (Å²) in [6, 6.07) is 16.2. The Balaban J connectivity index is 1.27. The van der Waals surface area contributed by atoms with E-state index in [0.717, 1.165) is 36.7 Å². The van der Waals surface area contributed by atoms with Crippen LogP contribution in [0, 0.1) is 5.92 Å². The molecule has 4 rings (SSSR count). The third kappa shape index (κ3) is 7.38. The van der Waals surface area contributed by atoms with Crippen molar-refractivity contribution < 1.29 is 13.2 Å². The number of benzene rings is 2. The van der Waals surface area contributed by atoms with E-state index in [9.17, 15) is 13.2 Å². The highest BCUT2D eigenvalue weighted by Gasteiger charge is 2.25. The molecule has 2 heterocycles. The number of amides is 1. The number of carbonyl (C=O) groups excluding carboxylic acids is 1. The van der Waals surface area contributed by atoms with Crippen molar-refractivity contribution in [3.05, 3.63) is 70.8 Å². The molecule has 1 N–H and O–H groups in total. The zero-order valence-corrected chi connectivity index (χ0v) is 22.5. The van der Waals surface area contributed by atoms with Gasteiger partial charge in [-0.3, -0.25) is 14.6 Å². The maximum Gasteiger partial charge on any atom is 0.251 e. The Kier molecular flexibility index (Phi) is 9.17. The molecule has 0 spiro atoms. The highest BCUT2D eigenvalue weighted by molar-refractivity contribution is 7.89. The molecule has 2 aliphatic rings. The van der Waals surface area contributed by atoms with Gasteiger partial charge in [0, 0.05) is 51.4 Å². The van der Waals surface area contributed by atoms with Crippen LogP contribution in [0.25, 0.3) is 0 Å². The van der Waals surface area contributed by atoms with Crippen LogP contribution in [-0.2, 0) is 29.7 Å². The summed E-state index contributed by atoms with van der Waals surface area (Å²) in [5.74, 6) is 0.897. The molecule has 2 aromatic rings. The predicted molar refractivity (Wildman–Crippen MR) is 144 cm³/mol. The maximum absolute atomic E-state index is 12.9. The van der Waals surface area contributed by atoms with Gasteiger partial charge in [-0.1, -0.05) is 43.3 Å². The number of nitrogens with one attached hydrogen (secondary N) is 1. The largest absolute Gasteiger partial charge is 0.348 e. The van der Waals surface area contributed by atoms with Crippen molar-refractivity contribution in [3.63, 3.8) is 0 Å². The molecule has 0 saturated carbocycles. The lowest BCUT2D eigenvalue weighted by Gasteiger charge is -2.33.